The first-order valence-electron chi connectivity index (χ1n) is 6.57. The van der Waals surface area contributed by atoms with E-state index in [4.69, 9.17) is 4.52 Å². The largest absolute Gasteiger partial charge is 0.360 e. The summed E-state index contributed by atoms with van der Waals surface area (Å²) in [6, 6.07) is 11.3. The Kier molecular flexibility index (Phi) is 4.55. The van der Waals surface area contributed by atoms with Crippen LogP contribution in [-0.2, 0) is 4.79 Å². The van der Waals surface area contributed by atoms with Crippen molar-refractivity contribution in [2.24, 2.45) is 0 Å². The fraction of sp³-hybridized carbons (Fsp3) is 0.133. The second kappa shape index (κ2) is 6.76. The number of nitrogens with one attached hydrogen (secondary N) is 1. The SMILES string of the molecule is Cc1cc(NC(=O)[C@H](Sc2nccs2)c2ccccc2)no1. The molecule has 1 amide bonds. The summed E-state index contributed by atoms with van der Waals surface area (Å²) >= 11 is 2.93. The van der Waals surface area contributed by atoms with Crippen molar-refractivity contribution in [3.05, 3.63) is 59.3 Å². The van der Waals surface area contributed by atoms with Gasteiger partial charge < -0.3 is 9.84 Å². The van der Waals surface area contributed by atoms with Gasteiger partial charge in [0.25, 0.3) is 0 Å². The number of aryl methyl sites for hydroxylation is 1. The van der Waals surface area contributed by atoms with Crippen LogP contribution < -0.4 is 5.32 Å². The highest BCUT2D eigenvalue weighted by Crippen LogP contribution is 2.37. The van der Waals surface area contributed by atoms with Crippen molar-refractivity contribution in [1.82, 2.24) is 10.1 Å². The Morgan fingerprint density at radius 2 is 2.18 bits per heavy atom. The van der Waals surface area contributed by atoms with Gasteiger partial charge in [-0.05, 0) is 12.5 Å². The molecule has 3 aromatic rings. The summed E-state index contributed by atoms with van der Waals surface area (Å²) in [5.41, 5.74) is 0.917. The zero-order valence-electron chi connectivity index (χ0n) is 11.7. The van der Waals surface area contributed by atoms with E-state index in [1.807, 2.05) is 35.7 Å². The maximum Gasteiger partial charge on any atom is 0.243 e. The normalized spacial score (nSPS) is 12.0. The first-order chi connectivity index (χ1) is 10.7. The molecule has 5 nitrogen and oxygen atoms in total. The zero-order valence-corrected chi connectivity index (χ0v) is 13.4. The minimum atomic E-state index is -0.399. The Hall–Kier alpha value is -2.12. The summed E-state index contributed by atoms with van der Waals surface area (Å²) < 4.78 is 5.82. The van der Waals surface area contributed by atoms with Crippen molar-refractivity contribution in [3.8, 4) is 0 Å². The molecule has 0 saturated carbocycles. The number of aromatic nitrogens is 2. The van der Waals surface area contributed by atoms with Crippen LogP contribution in [0, 0.1) is 6.92 Å². The molecule has 0 fully saturated rings. The Morgan fingerprint density at radius 1 is 1.36 bits per heavy atom. The summed E-state index contributed by atoms with van der Waals surface area (Å²) in [7, 11) is 0. The van der Waals surface area contributed by atoms with Crippen molar-refractivity contribution in [2.45, 2.75) is 16.5 Å². The van der Waals surface area contributed by atoms with E-state index in [0.717, 1.165) is 9.90 Å². The lowest BCUT2D eigenvalue weighted by Crippen LogP contribution is -2.19. The number of thiazole rings is 1. The molecule has 0 radical (unpaired) electrons. The number of thioether (sulfide) groups is 1. The highest BCUT2D eigenvalue weighted by molar-refractivity contribution is 8.01. The predicted molar refractivity (Wildman–Crippen MR) is 87.0 cm³/mol. The molecule has 0 spiro atoms. The molecule has 22 heavy (non-hydrogen) atoms. The number of carbonyl (C=O) groups excluding carboxylic acids is 1. The number of amides is 1. The molecule has 1 N–H and O–H groups in total. The number of nitrogens with zero attached hydrogens (tertiary/aromatic N) is 2. The van der Waals surface area contributed by atoms with Crippen LogP contribution in [0.1, 0.15) is 16.6 Å². The molecule has 0 bridgehead atoms. The number of hydrogen-bond donors (Lipinski definition) is 1. The summed E-state index contributed by atoms with van der Waals surface area (Å²) in [5, 5.41) is 8.08. The summed E-state index contributed by atoms with van der Waals surface area (Å²) in [6.45, 7) is 1.78. The highest BCUT2D eigenvalue weighted by atomic mass is 32.2. The van der Waals surface area contributed by atoms with Gasteiger partial charge in [0.15, 0.2) is 10.2 Å². The molecule has 2 heterocycles. The summed E-state index contributed by atoms with van der Waals surface area (Å²) in [4.78, 5) is 16.9. The summed E-state index contributed by atoms with van der Waals surface area (Å²) in [5.74, 6) is 0.919. The maximum atomic E-state index is 12.6. The number of rotatable bonds is 5. The van der Waals surface area contributed by atoms with E-state index in [0.29, 0.717) is 11.6 Å². The molecular weight excluding hydrogens is 318 g/mol. The van der Waals surface area contributed by atoms with E-state index in [-0.39, 0.29) is 5.91 Å². The van der Waals surface area contributed by atoms with Crippen LogP contribution in [0.4, 0.5) is 5.82 Å². The zero-order chi connectivity index (χ0) is 15.4. The second-order valence-corrected chi connectivity index (χ2v) is 6.77. The van der Waals surface area contributed by atoms with Crippen molar-refractivity contribution in [3.63, 3.8) is 0 Å². The molecule has 0 aliphatic carbocycles. The van der Waals surface area contributed by atoms with Gasteiger partial charge in [-0.25, -0.2) is 4.98 Å². The minimum Gasteiger partial charge on any atom is -0.360 e. The molecule has 7 heteroatoms. The van der Waals surface area contributed by atoms with E-state index in [1.165, 1.54) is 23.1 Å². The van der Waals surface area contributed by atoms with E-state index in [9.17, 15) is 4.79 Å². The van der Waals surface area contributed by atoms with Crippen LogP contribution in [0.3, 0.4) is 0 Å². The average Bonchev–Trinajstić information content (AvgIpc) is 3.17. The fourth-order valence-corrected chi connectivity index (χ4v) is 3.71. The lowest BCUT2D eigenvalue weighted by atomic mass is 10.1. The van der Waals surface area contributed by atoms with Gasteiger partial charge in [-0.15, -0.1) is 11.3 Å². The third-order valence-electron chi connectivity index (χ3n) is 2.85. The van der Waals surface area contributed by atoms with E-state index in [2.05, 4.69) is 15.5 Å². The number of hydrogen-bond acceptors (Lipinski definition) is 6. The van der Waals surface area contributed by atoms with Gasteiger partial charge in [0.1, 0.15) is 11.0 Å². The summed E-state index contributed by atoms with van der Waals surface area (Å²) in [6.07, 6.45) is 1.73. The average molecular weight is 331 g/mol. The Morgan fingerprint density at radius 3 is 2.82 bits per heavy atom. The van der Waals surface area contributed by atoms with Gasteiger partial charge in [-0.3, -0.25) is 4.79 Å². The molecule has 3 rings (SSSR count). The predicted octanol–water partition coefficient (Wildman–Crippen LogP) is 3.91. The Bertz CT molecular complexity index is 741. The Labute approximate surface area is 135 Å². The molecular formula is C15H13N3O2S2. The minimum absolute atomic E-state index is 0.153. The third kappa shape index (κ3) is 3.55. The van der Waals surface area contributed by atoms with Crippen LogP contribution in [0.5, 0.6) is 0 Å². The highest BCUT2D eigenvalue weighted by Gasteiger charge is 2.24. The van der Waals surface area contributed by atoms with Gasteiger partial charge in [0, 0.05) is 17.6 Å². The topological polar surface area (TPSA) is 68.0 Å². The smallest absolute Gasteiger partial charge is 0.243 e. The molecule has 0 unspecified atom stereocenters. The first-order valence-corrected chi connectivity index (χ1v) is 8.33. The monoisotopic (exact) mass is 331 g/mol. The van der Waals surface area contributed by atoms with Crippen LogP contribution >= 0.6 is 23.1 Å². The van der Waals surface area contributed by atoms with Gasteiger partial charge in [0.05, 0.1) is 0 Å². The van der Waals surface area contributed by atoms with Gasteiger partial charge in [-0.1, -0.05) is 47.3 Å². The second-order valence-electron chi connectivity index (χ2n) is 4.52. The van der Waals surface area contributed by atoms with Crippen LogP contribution in [0.15, 0.2) is 56.8 Å². The van der Waals surface area contributed by atoms with Crippen LogP contribution in [-0.4, -0.2) is 16.0 Å². The maximum absolute atomic E-state index is 12.6. The molecule has 0 aliphatic rings. The number of anilines is 1. The third-order valence-corrected chi connectivity index (χ3v) is 5.02. The van der Waals surface area contributed by atoms with Gasteiger partial charge in [0.2, 0.25) is 5.91 Å². The molecule has 0 aliphatic heterocycles. The van der Waals surface area contributed by atoms with E-state index in [1.54, 1.807) is 19.2 Å². The van der Waals surface area contributed by atoms with Crippen LogP contribution in [0.25, 0.3) is 0 Å². The van der Waals surface area contributed by atoms with Crippen molar-refractivity contribution < 1.29 is 9.32 Å². The van der Waals surface area contributed by atoms with Gasteiger partial charge in [-0.2, -0.15) is 0 Å². The molecule has 0 saturated heterocycles. The van der Waals surface area contributed by atoms with Gasteiger partial charge >= 0.3 is 0 Å². The fourth-order valence-electron chi connectivity index (χ4n) is 1.89. The lowest BCUT2D eigenvalue weighted by molar-refractivity contribution is -0.115. The van der Waals surface area contributed by atoms with Crippen molar-refractivity contribution in [2.75, 3.05) is 5.32 Å². The van der Waals surface area contributed by atoms with E-state index < -0.39 is 5.25 Å². The number of benzene rings is 1. The lowest BCUT2D eigenvalue weighted by Gasteiger charge is -2.14. The first kappa shape index (κ1) is 14.8. The molecule has 2 aromatic heterocycles. The molecule has 112 valence electrons. The molecule has 1 aromatic carbocycles. The van der Waals surface area contributed by atoms with Crippen LogP contribution in [0.2, 0.25) is 0 Å². The molecule has 1 atom stereocenters. The van der Waals surface area contributed by atoms with Crippen molar-refractivity contribution >= 4 is 34.8 Å². The Balaban J connectivity index is 1.82. The van der Waals surface area contributed by atoms with Crippen molar-refractivity contribution in [1.29, 1.82) is 0 Å². The quantitative estimate of drug-likeness (QED) is 0.718. The number of carbonyl (C=O) groups is 1. The standard InChI is InChI=1S/C15H13N3O2S2/c1-10-9-12(18-20-10)17-14(19)13(11-5-3-2-4-6-11)22-15-16-7-8-21-15/h2-9,13H,1H3,(H,17,18,19)/t13-/m1/s1. The van der Waals surface area contributed by atoms with E-state index >= 15 is 0 Å².